The Bertz CT molecular complexity index is 708. The predicted octanol–water partition coefficient (Wildman–Crippen LogP) is -1.23. The van der Waals surface area contributed by atoms with Crippen LogP contribution in [0, 0.1) is 20.2 Å². The van der Waals surface area contributed by atoms with Gasteiger partial charge in [-0.3, -0.25) is 20.2 Å². The van der Waals surface area contributed by atoms with Crippen molar-refractivity contribution in [1.82, 2.24) is 0 Å². The highest BCUT2D eigenvalue weighted by Gasteiger charge is 2.48. The maximum absolute atomic E-state index is 11.0. The molecule has 136 valence electrons. The summed E-state index contributed by atoms with van der Waals surface area (Å²) < 4.78 is 9.90. The lowest BCUT2D eigenvalue weighted by molar-refractivity contribution is -0.422. The lowest BCUT2D eigenvalue weighted by Gasteiger charge is -2.38. The molecule has 0 bridgehead atoms. The molecule has 13 heteroatoms. The first-order chi connectivity index (χ1) is 11.6. The highest BCUT2D eigenvalue weighted by Crippen LogP contribution is 2.32. The number of nitro groups is 2. The molecule has 1 aliphatic heterocycles. The van der Waals surface area contributed by atoms with Gasteiger partial charge in [-0.25, -0.2) is 4.79 Å². The molecule has 1 saturated heterocycles. The van der Waals surface area contributed by atoms with Gasteiger partial charge < -0.3 is 29.9 Å². The van der Waals surface area contributed by atoms with Crippen LogP contribution in [0.4, 0.5) is 11.4 Å². The van der Waals surface area contributed by atoms with E-state index in [1.807, 2.05) is 0 Å². The van der Waals surface area contributed by atoms with Gasteiger partial charge in [0.1, 0.15) is 24.1 Å². The number of nitro benzene ring substituents is 2. The van der Waals surface area contributed by atoms with Crippen LogP contribution in [0.2, 0.25) is 0 Å². The lowest BCUT2D eigenvalue weighted by atomic mass is 9.99. The molecule has 0 aliphatic carbocycles. The lowest BCUT2D eigenvalue weighted by Crippen LogP contribution is -2.61. The molecular formula is C12H12N2O11. The molecule has 13 nitrogen and oxygen atoms in total. The number of benzene rings is 1. The van der Waals surface area contributed by atoms with Crippen molar-refractivity contribution in [1.29, 1.82) is 0 Å². The zero-order valence-electron chi connectivity index (χ0n) is 12.2. The summed E-state index contributed by atoms with van der Waals surface area (Å²) in [7, 11) is 0. The molecule has 0 amide bonds. The fourth-order valence-corrected chi connectivity index (χ4v) is 2.16. The molecule has 5 atom stereocenters. The second-order valence-corrected chi connectivity index (χ2v) is 5.02. The summed E-state index contributed by atoms with van der Waals surface area (Å²) in [6.45, 7) is 0. The molecule has 1 aromatic carbocycles. The Morgan fingerprint density at radius 2 is 1.64 bits per heavy atom. The normalized spacial score (nSPS) is 29.0. The molecule has 1 heterocycles. The number of aliphatic hydroxyl groups excluding tert-OH is 3. The van der Waals surface area contributed by atoms with E-state index in [1.165, 1.54) is 0 Å². The summed E-state index contributed by atoms with van der Waals surface area (Å²) in [6, 6.07) is 2.43. The smallest absolute Gasteiger partial charge is 0.349 e. The number of carboxylic acids is 1. The predicted molar refractivity (Wildman–Crippen MR) is 74.7 cm³/mol. The average Bonchev–Trinajstić information content (AvgIpc) is 2.54. The van der Waals surface area contributed by atoms with Crippen LogP contribution in [-0.4, -0.2) is 66.9 Å². The number of aliphatic hydroxyl groups is 3. The molecule has 0 aromatic heterocycles. The van der Waals surface area contributed by atoms with Gasteiger partial charge in [0, 0.05) is 6.07 Å². The van der Waals surface area contributed by atoms with Gasteiger partial charge in [0.25, 0.3) is 0 Å². The summed E-state index contributed by atoms with van der Waals surface area (Å²) in [6.07, 6.45) is -9.44. The van der Waals surface area contributed by atoms with Gasteiger partial charge in [-0.2, -0.15) is 0 Å². The van der Waals surface area contributed by atoms with Crippen molar-refractivity contribution in [3.05, 3.63) is 38.4 Å². The van der Waals surface area contributed by atoms with Gasteiger partial charge in [0.05, 0.1) is 15.9 Å². The zero-order valence-corrected chi connectivity index (χ0v) is 12.2. The van der Waals surface area contributed by atoms with E-state index in [-0.39, 0.29) is 5.75 Å². The van der Waals surface area contributed by atoms with Crippen LogP contribution in [0.5, 0.6) is 5.75 Å². The third-order valence-corrected chi connectivity index (χ3v) is 3.41. The van der Waals surface area contributed by atoms with Crippen LogP contribution < -0.4 is 4.74 Å². The molecule has 0 saturated carbocycles. The molecular weight excluding hydrogens is 348 g/mol. The van der Waals surface area contributed by atoms with Gasteiger partial charge in [-0.05, 0) is 6.07 Å². The standard InChI is InChI=1S/C12H12N2O11/c15-7-8(16)10(11(18)19)25-12(9(7)17)24-4-1-2-5(13(20)21)6(3-4)14(22)23/h1-3,7-10,12,15-17H,(H,18,19)/t7-,8-,9+,10-,12+/m0/s1. The Balaban J connectivity index is 2.29. The highest BCUT2D eigenvalue weighted by atomic mass is 16.7. The number of ether oxygens (including phenoxy) is 2. The molecule has 2 rings (SSSR count). The highest BCUT2D eigenvalue weighted by molar-refractivity contribution is 5.73. The second-order valence-electron chi connectivity index (χ2n) is 5.02. The minimum atomic E-state index is -1.93. The Hall–Kier alpha value is -2.87. The maximum atomic E-state index is 11.0. The van der Waals surface area contributed by atoms with E-state index in [4.69, 9.17) is 14.6 Å². The summed E-state index contributed by atoms with van der Waals surface area (Å²) in [5.74, 6) is -1.99. The molecule has 1 aliphatic rings. The third kappa shape index (κ3) is 3.63. The number of carbonyl (C=O) groups is 1. The Labute approximate surface area is 137 Å². The molecule has 1 aromatic rings. The first kappa shape index (κ1) is 18.5. The summed E-state index contributed by atoms with van der Waals surface area (Å²) >= 11 is 0. The molecule has 0 unspecified atom stereocenters. The van der Waals surface area contributed by atoms with Crippen LogP contribution in [0.3, 0.4) is 0 Å². The van der Waals surface area contributed by atoms with Crippen LogP contribution in [-0.2, 0) is 9.53 Å². The molecule has 0 radical (unpaired) electrons. The molecule has 0 spiro atoms. The second kappa shape index (κ2) is 6.94. The first-order valence-electron chi connectivity index (χ1n) is 6.65. The number of aliphatic carboxylic acids is 1. The van der Waals surface area contributed by atoms with Crippen molar-refractivity contribution in [2.75, 3.05) is 0 Å². The average molecular weight is 360 g/mol. The van der Waals surface area contributed by atoms with Gasteiger partial charge in [-0.15, -0.1) is 0 Å². The quantitative estimate of drug-likeness (QED) is 0.361. The first-order valence-corrected chi connectivity index (χ1v) is 6.65. The van der Waals surface area contributed by atoms with E-state index in [0.29, 0.717) is 6.07 Å². The van der Waals surface area contributed by atoms with Crippen LogP contribution >= 0.6 is 0 Å². The van der Waals surface area contributed by atoms with Crippen molar-refractivity contribution >= 4 is 17.3 Å². The summed E-state index contributed by atoms with van der Waals surface area (Å²) in [5.41, 5.74) is -1.70. The topological polar surface area (TPSA) is 203 Å². The summed E-state index contributed by atoms with van der Waals surface area (Å²) in [5, 5.41) is 59.5. The van der Waals surface area contributed by atoms with Gasteiger partial charge in [0.2, 0.25) is 6.29 Å². The Kier molecular flexibility index (Phi) is 5.13. The van der Waals surface area contributed by atoms with Crippen molar-refractivity contribution in [2.45, 2.75) is 30.7 Å². The minimum Gasteiger partial charge on any atom is -0.479 e. The third-order valence-electron chi connectivity index (χ3n) is 3.41. The van der Waals surface area contributed by atoms with Gasteiger partial charge >= 0.3 is 17.3 Å². The van der Waals surface area contributed by atoms with Crippen LogP contribution in [0.15, 0.2) is 18.2 Å². The van der Waals surface area contributed by atoms with Crippen molar-refractivity contribution in [3.8, 4) is 5.75 Å². The van der Waals surface area contributed by atoms with Crippen molar-refractivity contribution < 1.29 is 44.5 Å². The Morgan fingerprint density at radius 3 is 2.16 bits per heavy atom. The maximum Gasteiger partial charge on any atom is 0.349 e. The van der Waals surface area contributed by atoms with Crippen molar-refractivity contribution in [2.24, 2.45) is 0 Å². The number of rotatable bonds is 5. The monoisotopic (exact) mass is 360 g/mol. The van der Waals surface area contributed by atoms with E-state index in [2.05, 4.69) is 0 Å². The van der Waals surface area contributed by atoms with E-state index >= 15 is 0 Å². The van der Waals surface area contributed by atoms with E-state index < -0.39 is 57.9 Å². The van der Waals surface area contributed by atoms with E-state index in [1.54, 1.807) is 0 Å². The van der Waals surface area contributed by atoms with E-state index in [9.17, 15) is 40.3 Å². The van der Waals surface area contributed by atoms with Gasteiger partial charge in [-0.1, -0.05) is 0 Å². The zero-order chi connectivity index (χ0) is 18.9. The Morgan fingerprint density at radius 1 is 1.04 bits per heavy atom. The fourth-order valence-electron chi connectivity index (χ4n) is 2.16. The van der Waals surface area contributed by atoms with Gasteiger partial charge in [0.15, 0.2) is 6.10 Å². The van der Waals surface area contributed by atoms with Crippen LogP contribution in [0.25, 0.3) is 0 Å². The number of nitrogens with zero attached hydrogens (tertiary/aromatic N) is 2. The number of carboxylic acid groups (broad SMARTS) is 1. The fraction of sp³-hybridized carbons (Fsp3) is 0.417. The van der Waals surface area contributed by atoms with Crippen LogP contribution in [0.1, 0.15) is 0 Å². The summed E-state index contributed by atoms with van der Waals surface area (Å²) in [4.78, 5) is 30.6. The van der Waals surface area contributed by atoms with Crippen molar-refractivity contribution in [3.63, 3.8) is 0 Å². The SMILES string of the molecule is O=C(O)[C@H]1O[C@@H](Oc2ccc([N+](=O)[O-])c([N+](=O)[O-])c2)[C@H](O)[C@@H](O)[C@@H]1O. The molecule has 1 fully saturated rings. The molecule has 4 N–H and O–H groups in total. The molecule has 25 heavy (non-hydrogen) atoms. The van der Waals surface area contributed by atoms with E-state index in [0.717, 1.165) is 12.1 Å². The largest absolute Gasteiger partial charge is 0.479 e. The number of hydrogen-bond acceptors (Lipinski definition) is 10. The minimum absolute atomic E-state index is 0.353. The number of hydrogen-bond donors (Lipinski definition) is 4.